The molecule has 0 aromatic heterocycles. The lowest BCUT2D eigenvalue weighted by atomic mass is 9.94. The van der Waals surface area contributed by atoms with Crippen molar-refractivity contribution < 1.29 is 4.74 Å². The quantitative estimate of drug-likeness (QED) is 0.676. The fourth-order valence-electron chi connectivity index (χ4n) is 2.50. The van der Waals surface area contributed by atoms with Crippen LogP contribution in [0.2, 0.25) is 0 Å². The normalized spacial score (nSPS) is 18.9. The van der Waals surface area contributed by atoms with Gasteiger partial charge in [0, 0.05) is 26.7 Å². The summed E-state index contributed by atoms with van der Waals surface area (Å²) in [4.78, 5) is 2.35. The Labute approximate surface area is 111 Å². The van der Waals surface area contributed by atoms with E-state index in [1.165, 1.54) is 12.8 Å². The van der Waals surface area contributed by atoms with Gasteiger partial charge < -0.3 is 10.1 Å². The molecule has 0 aromatic rings. The maximum atomic E-state index is 9.52. The summed E-state index contributed by atoms with van der Waals surface area (Å²) in [6.07, 6.45) is 2.35. The van der Waals surface area contributed by atoms with Crippen LogP contribution < -0.4 is 5.32 Å². The number of nitrogens with zero attached hydrogens (tertiary/aromatic N) is 2. The summed E-state index contributed by atoms with van der Waals surface area (Å²) in [7, 11) is 3.63. The second-order valence-corrected chi connectivity index (χ2v) is 5.73. The van der Waals surface area contributed by atoms with Gasteiger partial charge in [-0.1, -0.05) is 13.8 Å². The second kappa shape index (κ2) is 7.08. The molecule has 1 aliphatic rings. The highest BCUT2D eigenvalue weighted by Crippen LogP contribution is 2.39. The van der Waals surface area contributed by atoms with Crippen LogP contribution in [0.5, 0.6) is 0 Å². The van der Waals surface area contributed by atoms with Gasteiger partial charge in [0.1, 0.15) is 5.54 Å². The molecule has 0 amide bonds. The smallest absolute Gasteiger partial charge is 0.122 e. The highest BCUT2D eigenvalue weighted by atomic mass is 16.5. The Hall–Kier alpha value is -0.630. The third-order valence-corrected chi connectivity index (χ3v) is 3.63. The third kappa shape index (κ3) is 4.24. The van der Waals surface area contributed by atoms with Crippen LogP contribution in [0.15, 0.2) is 0 Å². The van der Waals surface area contributed by atoms with Crippen LogP contribution in [0.25, 0.3) is 0 Å². The number of nitriles is 1. The first-order chi connectivity index (χ1) is 8.57. The van der Waals surface area contributed by atoms with E-state index in [0.717, 1.165) is 26.2 Å². The van der Waals surface area contributed by atoms with E-state index in [1.807, 2.05) is 7.05 Å². The second-order valence-electron chi connectivity index (χ2n) is 5.73. The zero-order valence-corrected chi connectivity index (χ0v) is 12.2. The van der Waals surface area contributed by atoms with Crippen molar-refractivity contribution in [1.29, 1.82) is 5.26 Å². The van der Waals surface area contributed by atoms with Gasteiger partial charge in [0.25, 0.3) is 0 Å². The summed E-state index contributed by atoms with van der Waals surface area (Å²) in [6, 6.07) is 2.51. The van der Waals surface area contributed by atoms with Gasteiger partial charge in [-0.2, -0.15) is 5.26 Å². The Morgan fingerprint density at radius 2 is 2.17 bits per heavy atom. The van der Waals surface area contributed by atoms with Crippen molar-refractivity contribution in [3.8, 4) is 6.07 Å². The summed E-state index contributed by atoms with van der Waals surface area (Å²) in [5.74, 6) is 1.12. The largest absolute Gasteiger partial charge is 0.383 e. The van der Waals surface area contributed by atoms with E-state index in [0.29, 0.717) is 11.8 Å². The van der Waals surface area contributed by atoms with Crippen molar-refractivity contribution in [3.05, 3.63) is 0 Å². The summed E-state index contributed by atoms with van der Waals surface area (Å²) >= 11 is 0. The topological polar surface area (TPSA) is 48.3 Å². The summed E-state index contributed by atoms with van der Waals surface area (Å²) in [6.45, 7) is 7.86. The highest BCUT2D eigenvalue weighted by Gasteiger charge is 2.45. The zero-order chi connectivity index (χ0) is 13.6. The van der Waals surface area contributed by atoms with E-state index in [2.05, 4.69) is 30.1 Å². The van der Waals surface area contributed by atoms with Crippen molar-refractivity contribution in [3.63, 3.8) is 0 Å². The Bertz CT molecular complexity index is 283. The minimum absolute atomic E-state index is 0.372. The average molecular weight is 253 g/mol. The molecule has 1 fully saturated rings. The Kier molecular flexibility index (Phi) is 6.07. The van der Waals surface area contributed by atoms with E-state index in [1.54, 1.807) is 7.11 Å². The fourth-order valence-corrected chi connectivity index (χ4v) is 2.50. The van der Waals surface area contributed by atoms with E-state index in [-0.39, 0.29) is 5.54 Å². The summed E-state index contributed by atoms with van der Waals surface area (Å²) < 4.78 is 5.17. The minimum Gasteiger partial charge on any atom is -0.383 e. The van der Waals surface area contributed by atoms with Crippen LogP contribution in [0.4, 0.5) is 0 Å². The summed E-state index contributed by atoms with van der Waals surface area (Å²) in [5, 5.41) is 12.8. The molecule has 1 rings (SSSR count). The molecule has 0 bridgehead atoms. The lowest BCUT2D eigenvalue weighted by Gasteiger charge is -2.34. The predicted octanol–water partition coefficient (Wildman–Crippen LogP) is 1.48. The number of ether oxygens (including phenoxy) is 1. The molecule has 1 saturated carbocycles. The molecule has 0 aromatic carbocycles. The monoisotopic (exact) mass is 253 g/mol. The van der Waals surface area contributed by atoms with Crippen molar-refractivity contribution in [2.75, 3.05) is 40.4 Å². The van der Waals surface area contributed by atoms with Gasteiger partial charge in [-0.15, -0.1) is 0 Å². The molecule has 0 aliphatic heterocycles. The predicted molar refractivity (Wildman–Crippen MR) is 73.3 cm³/mol. The minimum atomic E-state index is -0.372. The molecule has 1 N–H and O–H groups in total. The first kappa shape index (κ1) is 15.4. The Balaban J connectivity index is 2.63. The molecule has 0 heterocycles. The maximum Gasteiger partial charge on any atom is 0.122 e. The zero-order valence-electron chi connectivity index (χ0n) is 12.2. The molecule has 0 saturated heterocycles. The van der Waals surface area contributed by atoms with Gasteiger partial charge in [0.15, 0.2) is 0 Å². The first-order valence-electron chi connectivity index (χ1n) is 6.89. The number of hydrogen-bond donors (Lipinski definition) is 1. The summed E-state index contributed by atoms with van der Waals surface area (Å²) in [5.41, 5.74) is -0.372. The molecule has 1 atom stereocenters. The fraction of sp³-hybridized carbons (Fsp3) is 0.929. The van der Waals surface area contributed by atoms with E-state index in [4.69, 9.17) is 4.74 Å². The Morgan fingerprint density at radius 1 is 1.50 bits per heavy atom. The average Bonchev–Trinajstić information content (AvgIpc) is 3.16. The molecule has 0 radical (unpaired) electrons. The number of likely N-dealkylation sites (N-methyl/N-ethyl adjacent to an activating group) is 1. The van der Waals surface area contributed by atoms with Crippen LogP contribution in [-0.2, 0) is 4.74 Å². The lowest BCUT2D eigenvalue weighted by Crippen LogP contribution is -2.54. The van der Waals surface area contributed by atoms with Crippen molar-refractivity contribution in [1.82, 2.24) is 10.2 Å². The molecule has 1 unspecified atom stereocenters. The van der Waals surface area contributed by atoms with Crippen LogP contribution in [0.1, 0.15) is 26.7 Å². The molecular formula is C14H27N3O. The van der Waals surface area contributed by atoms with Crippen molar-refractivity contribution in [2.24, 2.45) is 11.8 Å². The van der Waals surface area contributed by atoms with Crippen LogP contribution in [0.3, 0.4) is 0 Å². The molecule has 4 heteroatoms. The van der Waals surface area contributed by atoms with Gasteiger partial charge in [-0.25, -0.2) is 0 Å². The van der Waals surface area contributed by atoms with Crippen molar-refractivity contribution >= 4 is 0 Å². The molecule has 1 aliphatic carbocycles. The molecular weight excluding hydrogens is 226 g/mol. The van der Waals surface area contributed by atoms with Crippen molar-refractivity contribution in [2.45, 2.75) is 32.2 Å². The van der Waals surface area contributed by atoms with Crippen LogP contribution in [0, 0.1) is 23.2 Å². The van der Waals surface area contributed by atoms with Crippen LogP contribution >= 0.6 is 0 Å². The number of methoxy groups -OCH3 is 1. The SMILES string of the molecule is CNC(C#N)(CN(CCOC)CC(C)C)C1CC1. The lowest BCUT2D eigenvalue weighted by molar-refractivity contribution is 0.120. The van der Waals surface area contributed by atoms with E-state index in [9.17, 15) is 5.26 Å². The van der Waals surface area contributed by atoms with Gasteiger partial charge >= 0.3 is 0 Å². The van der Waals surface area contributed by atoms with Gasteiger partial charge in [0.2, 0.25) is 0 Å². The van der Waals surface area contributed by atoms with Gasteiger partial charge in [-0.3, -0.25) is 4.90 Å². The molecule has 0 spiro atoms. The van der Waals surface area contributed by atoms with Gasteiger partial charge in [-0.05, 0) is 31.7 Å². The number of rotatable bonds is 9. The third-order valence-electron chi connectivity index (χ3n) is 3.63. The van der Waals surface area contributed by atoms with Crippen LogP contribution in [-0.4, -0.2) is 50.8 Å². The highest BCUT2D eigenvalue weighted by molar-refractivity contribution is 5.16. The van der Waals surface area contributed by atoms with E-state index >= 15 is 0 Å². The van der Waals surface area contributed by atoms with E-state index < -0.39 is 0 Å². The standard InChI is InChI=1S/C14H27N3O/c1-12(2)9-17(7-8-18-4)11-14(10-15,16-3)13-5-6-13/h12-13,16H,5-9,11H2,1-4H3. The number of nitrogens with one attached hydrogen (secondary N) is 1. The maximum absolute atomic E-state index is 9.52. The molecule has 18 heavy (non-hydrogen) atoms. The Morgan fingerprint density at radius 3 is 2.56 bits per heavy atom. The molecule has 104 valence electrons. The number of hydrogen-bond acceptors (Lipinski definition) is 4. The van der Waals surface area contributed by atoms with Gasteiger partial charge in [0.05, 0.1) is 12.7 Å². The molecule has 4 nitrogen and oxygen atoms in total. The first-order valence-corrected chi connectivity index (χ1v) is 6.89.